The summed E-state index contributed by atoms with van der Waals surface area (Å²) >= 11 is 11.5. The average Bonchev–Trinajstić information content (AvgIpc) is 2.32. The van der Waals surface area contributed by atoms with Gasteiger partial charge in [-0.15, -0.1) is 0 Å². The summed E-state index contributed by atoms with van der Waals surface area (Å²) in [6, 6.07) is 5.70. The van der Waals surface area contributed by atoms with Crippen LogP contribution in [0.4, 0.5) is 5.82 Å². The molecule has 0 atom stereocenters. The molecule has 2 rings (SSSR count). The maximum Gasteiger partial charge on any atom is 0.263 e. The van der Waals surface area contributed by atoms with Crippen LogP contribution in [0, 0.1) is 0 Å². The molecule has 0 spiro atoms. The first-order chi connectivity index (χ1) is 8.49. The number of pyridine rings is 2. The van der Waals surface area contributed by atoms with Crippen molar-refractivity contribution >= 4 is 39.0 Å². The van der Waals surface area contributed by atoms with Gasteiger partial charge in [0.05, 0.1) is 9.92 Å². The highest BCUT2D eigenvalue weighted by Crippen LogP contribution is 2.22. The highest BCUT2D eigenvalue weighted by Gasteiger charge is 2.16. The fourth-order valence-electron chi connectivity index (χ4n) is 1.20. The molecule has 0 radical (unpaired) electrons. The van der Waals surface area contributed by atoms with Gasteiger partial charge in [0, 0.05) is 12.4 Å². The van der Waals surface area contributed by atoms with Gasteiger partial charge in [0.15, 0.2) is 5.82 Å². The van der Waals surface area contributed by atoms with E-state index in [0.29, 0.717) is 0 Å². The smallest absolute Gasteiger partial charge is 0.262 e. The van der Waals surface area contributed by atoms with Crippen molar-refractivity contribution in [2.24, 2.45) is 0 Å². The predicted octanol–water partition coefficient (Wildman–Crippen LogP) is 2.58. The molecule has 0 unspecified atom stereocenters. The number of rotatable bonds is 3. The van der Waals surface area contributed by atoms with Crippen LogP contribution < -0.4 is 4.72 Å². The van der Waals surface area contributed by atoms with Gasteiger partial charge in [-0.3, -0.25) is 4.72 Å². The molecular weight excluding hydrogens is 297 g/mol. The molecule has 0 saturated carbocycles. The Labute approximate surface area is 114 Å². The van der Waals surface area contributed by atoms with Crippen molar-refractivity contribution in [3.05, 3.63) is 46.8 Å². The Kier molecular flexibility index (Phi) is 3.70. The van der Waals surface area contributed by atoms with E-state index in [1.807, 2.05) is 0 Å². The van der Waals surface area contributed by atoms with Gasteiger partial charge in [0.25, 0.3) is 10.0 Å². The van der Waals surface area contributed by atoms with E-state index >= 15 is 0 Å². The number of nitrogens with one attached hydrogen (secondary N) is 1. The maximum absolute atomic E-state index is 12.0. The van der Waals surface area contributed by atoms with Gasteiger partial charge in [-0.25, -0.2) is 18.4 Å². The molecule has 0 amide bonds. The van der Waals surface area contributed by atoms with E-state index in [1.54, 1.807) is 6.07 Å². The van der Waals surface area contributed by atoms with Crippen LogP contribution in [0.15, 0.2) is 41.6 Å². The second-order valence-corrected chi connectivity index (χ2v) is 5.73. The number of anilines is 1. The molecule has 2 heterocycles. The molecule has 18 heavy (non-hydrogen) atoms. The van der Waals surface area contributed by atoms with Gasteiger partial charge < -0.3 is 0 Å². The Balaban J connectivity index is 2.37. The molecule has 2 aromatic heterocycles. The largest absolute Gasteiger partial charge is 0.263 e. The number of halogens is 2. The Morgan fingerprint density at radius 1 is 1.11 bits per heavy atom. The number of sulfonamides is 1. The zero-order valence-corrected chi connectivity index (χ0v) is 11.2. The number of hydrogen-bond acceptors (Lipinski definition) is 4. The van der Waals surface area contributed by atoms with Crippen molar-refractivity contribution < 1.29 is 8.42 Å². The summed E-state index contributed by atoms with van der Waals surface area (Å²) in [4.78, 5) is 7.54. The molecule has 1 N–H and O–H groups in total. The molecule has 8 heteroatoms. The van der Waals surface area contributed by atoms with Crippen molar-refractivity contribution in [1.82, 2.24) is 9.97 Å². The van der Waals surface area contributed by atoms with Gasteiger partial charge in [0.2, 0.25) is 0 Å². The molecule has 2 aromatic rings. The average molecular weight is 304 g/mol. The summed E-state index contributed by atoms with van der Waals surface area (Å²) in [5.74, 6) is 0.0621. The first-order valence-corrected chi connectivity index (χ1v) is 6.98. The third-order valence-corrected chi connectivity index (χ3v) is 3.85. The lowest BCUT2D eigenvalue weighted by molar-refractivity contribution is 0.601. The molecule has 0 aliphatic carbocycles. The lowest BCUT2D eigenvalue weighted by Gasteiger charge is -2.08. The Bertz CT molecular complexity index is 676. The van der Waals surface area contributed by atoms with Crippen LogP contribution in [0.1, 0.15) is 0 Å². The molecule has 0 fully saturated rings. The quantitative estimate of drug-likeness (QED) is 0.885. The van der Waals surface area contributed by atoms with Crippen molar-refractivity contribution in [3.8, 4) is 0 Å². The van der Waals surface area contributed by atoms with E-state index in [2.05, 4.69) is 14.7 Å². The third kappa shape index (κ3) is 2.90. The highest BCUT2D eigenvalue weighted by molar-refractivity contribution is 7.92. The first kappa shape index (κ1) is 13.1. The van der Waals surface area contributed by atoms with Crippen LogP contribution in [0.3, 0.4) is 0 Å². The number of nitrogens with zero attached hydrogens (tertiary/aromatic N) is 2. The van der Waals surface area contributed by atoms with Crippen molar-refractivity contribution in [3.63, 3.8) is 0 Å². The van der Waals surface area contributed by atoms with Crippen LogP contribution in [-0.4, -0.2) is 18.4 Å². The molecule has 0 aromatic carbocycles. The van der Waals surface area contributed by atoms with E-state index < -0.39 is 10.0 Å². The Morgan fingerprint density at radius 3 is 2.56 bits per heavy atom. The molecule has 0 bridgehead atoms. The maximum atomic E-state index is 12.0. The van der Waals surface area contributed by atoms with Gasteiger partial charge >= 0.3 is 0 Å². The Hall–Kier alpha value is -1.37. The fourth-order valence-corrected chi connectivity index (χ4v) is 2.70. The molecule has 5 nitrogen and oxygen atoms in total. The Morgan fingerprint density at radius 2 is 1.89 bits per heavy atom. The molecule has 94 valence electrons. The van der Waals surface area contributed by atoms with Crippen LogP contribution in [0.2, 0.25) is 10.2 Å². The van der Waals surface area contributed by atoms with Crippen LogP contribution in [0.25, 0.3) is 0 Å². The van der Waals surface area contributed by atoms with Crippen molar-refractivity contribution in [1.29, 1.82) is 0 Å². The minimum Gasteiger partial charge on any atom is -0.262 e. The topological polar surface area (TPSA) is 72.0 Å². The van der Waals surface area contributed by atoms with E-state index in [-0.39, 0.29) is 20.9 Å². The third-order valence-electron chi connectivity index (χ3n) is 2.00. The lowest BCUT2D eigenvalue weighted by Crippen LogP contribution is -2.14. The molecular formula is C10H7Cl2N3O2S. The summed E-state index contributed by atoms with van der Waals surface area (Å²) < 4.78 is 26.3. The van der Waals surface area contributed by atoms with E-state index in [9.17, 15) is 8.42 Å². The first-order valence-electron chi connectivity index (χ1n) is 4.74. The number of aromatic nitrogens is 2. The molecule has 0 aliphatic heterocycles. The van der Waals surface area contributed by atoms with Crippen LogP contribution >= 0.6 is 23.2 Å². The summed E-state index contributed by atoms with van der Waals surface area (Å²) in [6.45, 7) is 0. The summed E-state index contributed by atoms with van der Waals surface area (Å²) in [6.07, 6.45) is 2.74. The summed E-state index contributed by atoms with van der Waals surface area (Å²) in [7, 11) is -3.78. The van der Waals surface area contributed by atoms with Crippen molar-refractivity contribution in [2.45, 2.75) is 4.90 Å². The standard InChI is InChI=1S/C10H7Cl2N3O2S/c11-8-2-1-4-14-10(8)15-18(16,17)7-3-5-13-9(12)6-7/h1-6H,(H,14,15). The minimum absolute atomic E-state index is 0.00998. The van der Waals surface area contributed by atoms with E-state index in [1.165, 1.54) is 30.6 Å². The van der Waals surface area contributed by atoms with E-state index in [0.717, 1.165) is 0 Å². The summed E-state index contributed by atoms with van der Waals surface area (Å²) in [5.41, 5.74) is 0. The second-order valence-electron chi connectivity index (χ2n) is 3.25. The fraction of sp³-hybridized carbons (Fsp3) is 0. The lowest BCUT2D eigenvalue weighted by atomic mass is 10.5. The zero-order valence-electron chi connectivity index (χ0n) is 8.84. The van der Waals surface area contributed by atoms with Crippen LogP contribution in [-0.2, 0) is 10.0 Å². The summed E-state index contributed by atoms with van der Waals surface area (Å²) in [5, 5.41) is 0.297. The zero-order chi connectivity index (χ0) is 13.2. The molecule has 0 saturated heterocycles. The van der Waals surface area contributed by atoms with Gasteiger partial charge in [-0.1, -0.05) is 23.2 Å². The SMILES string of the molecule is O=S(=O)(Nc1ncccc1Cl)c1ccnc(Cl)c1. The van der Waals surface area contributed by atoms with Gasteiger partial charge in [0.1, 0.15) is 5.15 Å². The number of hydrogen-bond donors (Lipinski definition) is 1. The predicted molar refractivity (Wildman–Crippen MR) is 69.3 cm³/mol. The van der Waals surface area contributed by atoms with Crippen LogP contribution in [0.5, 0.6) is 0 Å². The second kappa shape index (κ2) is 5.09. The van der Waals surface area contributed by atoms with Gasteiger partial charge in [-0.05, 0) is 24.3 Å². The highest BCUT2D eigenvalue weighted by atomic mass is 35.5. The normalized spacial score (nSPS) is 11.2. The minimum atomic E-state index is -3.78. The van der Waals surface area contributed by atoms with E-state index in [4.69, 9.17) is 23.2 Å². The van der Waals surface area contributed by atoms with Gasteiger partial charge in [-0.2, -0.15) is 0 Å². The van der Waals surface area contributed by atoms with Crippen molar-refractivity contribution in [2.75, 3.05) is 4.72 Å². The molecule has 0 aliphatic rings. The monoisotopic (exact) mass is 303 g/mol.